The van der Waals surface area contributed by atoms with Crippen molar-refractivity contribution in [3.8, 4) is 12.3 Å². The highest BCUT2D eigenvalue weighted by atomic mass is 16.5. The quantitative estimate of drug-likeness (QED) is 0.682. The van der Waals surface area contributed by atoms with Gasteiger partial charge in [-0.2, -0.15) is 0 Å². The van der Waals surface area contributed by atoms with Crippen molar-refractivity contribution in [3.05, 3.63) is 34.9 Å². The number of fused-ring (bicyclic) bond motifs is 1. The molecule has 1 aromatic rings. The molecule has 78 valence electrons. The van der Waals surface area contributed by atoms with E-state index in [1.165, 1.54) is 36.0 Å². The number of rotatable bonds is 3. The Morgan fingerprint density at radius 1 is 1.40 bits per heavy atom. The third-order valence-corrected chi connectivity index (χ3v) is 3.01. The molecule has 0 radical (unpaired) electrons. The second-order valence-electron chi connectivity index (χ2n) is 4.04. The molecule has 1 heteroatoms. The van der Waals surface area contributed by atoms with Crippen molar-refractivity contribution in [1.82, 2.24) is 0 Å². The Hall–Kier alpha value is -1.26. The predicted octanol–water partition coefficient (Wildman–Crippen LogP) is 2.89. The van der Waals surface area contributed by atoms with Gasteiger partial charge in [0.2, 0.25) is 0 Å². The molecule has 0 heterocycles. The van der Waals surface area contributed by atoms with Gasteiger partial charge < -0.3 is 4.74 Å². The van der Waals surface area contributed by atoms with E-state index in [2.05, 4.69) is 24.1 Å². The lowest BCUT2D eigenvalue weighted by Gasteiger charge is -2.12. The van der Waals surface area contributed by atoms with Gasteiger partial charge in [0.25, 0.3) is 0 Å². The Bertz CT molecular complexity index is 387. The average molecular weight is 200 g/mol. The zero-order chi connectivity index (χ0) is 10.7. The molecule has 0 aliphatic heterocycles. The molecule has 0 aromatic heterocycles. The Morgan fingerprint density at radius 2 is 2.20 bits per heavy atom. The van der Waals surface area contributed by atoms with Crippen LogP contribution in [0.2, 0.25) is 0 Å². The summed E-state index contributed by atoms with van der Waals surface area (Å²) in [5.41, 5.74) is 4.23. The summed E-state index contributed by atoms with van der Waals surface area (Å²) in [5, 5.41) is 0. The van der Waals surface area contributed by atoms with Crippen LogP contribution in [0.5, 0.6) is 0 Å². The normalized spacial score (nSPS) is 15.7. The molecule has 1 unspecified atom stereocenters. The first-order valence-electron chi connectivity index (χ1n) is 5.48. The number of hydrogen-bond acceptors (Lipinski definition) is 1. The highest BCUT2D eigenvalue weighted by Gasteiger charge is 2.13. The zero-order valence-corrected chi connectivity index (χ0v) is 9.12. The molecule has 15 heavy (non-hydrogen) atoms. The molecule has 0 saturated heterocycles. The summed E-state index contributed by atoms with van der Waals surface area (Å²) in [7, 11) is 0. The van der Waals surface area contributed by atoms with Crippen LogP contribution in [0.1, 0.15) is 36.1 Å². The number of ether oxygens (including phenoxy) is 1. The van der Waals surface area contributed by atoms with E-state index in [0.29, 0.717) is 6.61 Å². The van der Waals surface area contributed by atoms with Crippen molar-refractivity contribution in [2.24, 2.45) is 0 Å². The van der Waals surface area contributed by atoms with E-state index < -0.39 is 0 Å². The summed E-state index contributed by atoms with van der Waals surface area (Å²) >= 11 is 0. The summed E-state index contributed by atoms with van der Waals surface area (Å²) in [5.74, 6) is 2.50. The second-order valence-corrected chi connectivity index (χ2v) is 4.04. The Morgan fingerprint density at radius 3 is 3.00 bits per heavy atom. The smallest absolute Gasteiger partial charge is 0.108 e. The van der Waals surface area contributed by atoms with E-state index in [4.69, 9.17) is 11.2 Å². The van der Waals surface area contributed by atoms with E-state index in [-0.39, 0.29) is 6.10 Å². The monoisotopic (exact) mass is 200 g/mol. The van der Waals surface area contributed by atoms with Crippen LogP contribution in [0.15, 0.2) is 18.2 Å². The lowest BCUT2D eigenvalue weighted by atomic mass is 10.0. The molecule has 1 aliphatic rings. The molecule has 1 atom stereocenters. The molecule has 0 fully saturated rings. The summed E-state index contributed by atoms with van der Waals surface area (Å²) in [4.78, 5) is 0. The van der Waals surface area contributed by atoms with Crippen molar-refractivity contribution in [1.29, 1.82) is 0 Å². The SMILES string of the molecule is C#CCOC(C)c1ccc2c(c1)CCC2. The van der Waals surface area contributed by atoms with Gasteiger partial charge in [0.15, 0.2) is 0 Å². The van der Waals surface area contributed by atoms with Gasteiger partial charge in [0.1, 0.15) is 6.61 Å². The number of terminal acetylenes is 1. The third kappa shape index (κ3) is 2.22. The lowest BCUT2D eigenvalue weighted by Crippen LogP contribution is -2.01. The highest BCUT2D eigenvalue weighted by Crippen LogP contribution is 2.26. The van der Waals surface area contributed by atoms with Crippen molar-refractivity contribution >= 4 is 0 Å². The van der Waals surface area contributed by atoms with E-state index in [1.54, 1.807) is 0 Å². The minimum absolute atomic E-state index is 0.104. The summed E-state index contributed by atoms with van der Waals surface area (Å²) in [6, 6.07) is 6.66. The first-order valence-corrected chi connectivity index (χ1v) is 5.48. The molecular weight excluding hydrogens is 184 g/mol. The van der Waals surface area contributed by atoms with Crippen molar-refractivity contribution in [2.45, 2.75) is 32.3 Å². The molecule has 0 bridgehead atoms. The van der Waals surface area contributed by atoms with Gasteiger partial charge in [-0.15, -0.1) is 6.42 Å². The highest BCUT2D eigenvalue weighted by molar-refractivity contribution is 5.36. The maximum atomic E-state index is 5.50. The molecule has 0 amide bonds. The fourth-order valence-corrected chi connectivity index (χ4v) is 2.11. The van der Waals surface area contributed by atoms with Gasteiger partial charge in [-0.3, -0.25) is 0 Å². The molecule has 1 nitrogen and oxygen atoms in total. The molecule has 0 spiro atoms. The number of aryl methyl sites for hydroxylation is 2. The van der Waals surface area contributed by atoms with Gasteiger partial charge in [-0.05, 0) is 42.9 Å². The number of hydrogen-bond donors (Lipinski definition) is 0. The van der Waals surface area contributed by atoms with Gasteiger partial charge in [0, 0.05) is 0 Å². The Balaban J connectivity index is 2.12. The zero-order valence-electron chi connectivity index (χ0n) is 9.12. The van der Waals surface area contributed by atoms with Crippen LogP contribution >= 0.6 is 0 Å². The van der Waals surface area contributed by atoms with Crippen LogP contribution in [-0.4, -0.2) is 6.61 Å². The third-order valence-electron chi connectivity index (χ3n) is 3.01. The first-order chi connectivity index (χ1) is 7.31. The molecule has 1 aromatic carbocycles. The topological polar surface area (TPSA) is 9.23 Å². The maximum Gasteiger partial charge on any atom is 0.108 e. The van der Waals surface area contributed by atoms with E-state index in [1.807, 2.05) is 6.92 Å². The van der Waals surface area contributed by atoms with Crippen LogP contribution in [0.3, 0.4) is 0 Å². The van der Waals surface area contributed by atoms with Crippen LogP contribution < -0.4 is 0 Å². The van der Waals surface area contributed by atoms with Crippen LogP contribution in [0, 0.1) is 12.3 Å². The second kappa shape index (κ2) is 4.51. The van der Waals surface area contributed by atoms with Crippen molar-refractivity contribution < 1.29 is 4.74 Å². The van der Waals surface area contributed by atoms with Crippen molar-refractivity contribution in [3.63, 3.8) is 0 Å². The van der Waals surface area contributed by atoms with E-state index in [9.17, 15) is 0 Å². The van der Waals surface area contributed by atoms with E-state index in [0.717, 1.165) is 0 Å². The van der Waals surface area contributed by atoms with Gasteiger partial charge in [0.05, 0.1) is 6.10 Å². The molecular formula is C14H16O. The standard InChI is InChI=1S/C14H16O/c1-3-9-15-11(2)13-8-7-12-5-4-6-14(12)10-13/h1,7-8,10-11H,4-6,9H2,2H3. The minimum Gasteiger partial charge on any atom is -0.361 e. The summed E-state index contributed by atoms with van der Waals surface area (Å²) < 4.78 is 5.50. The summed E-state index contributed by atoms with van der Waals surface area (Å²) in [6.07, 6.45) is 9.01. The molecule has 1 aliphatic carbocycles. The van der Waals surface area contributed by atoms with Gasteiger partial charge in [-0.25, -0.2) is 0 Å². The fourth-order valence-electron chi connectivity index (χ4n) is 2.11. The van der Waals surface area contributed by atoms with Crippen molar-refractivity contribution in [2.75, 3.05) is 6.61 Å². The van der Waals surface area contributed by atoms with Crippen LogP contribution in [0.4, 0.5) is 0 Å². The fraction of sp³-hybridized carbons (Fsp3) is 0.429. The molecule has 0 saturated carbocycles. The molecule has 0 N–H and O–H groups in total. The molecule has 2 rings (SSSR count). The maximum absolute atomic E-state index is 5.50. The first kappa shape index (κ1) is 10.3. The van der Waals surface area contributed by atoms with Crippen LogP contribution in [-0.2, 0) is 17.6 Å². The van der Waals surface area contributed by atoms with Gasteiger partial charge in [-0.1, -0.05) is 24.1 Å². The van der Waals surface area contributed by atoms with E-state index >= 15 is 0 Å². The predicted molar refractivity (Wildman–Crippen MR) is 61.7 cm³/mol. The Labute approximate surface area is 91.5 Å². The average Bonchev–Trinajstić information content (AvgIpc) is 2.72. The minimum atomic E-state index is 0.104. The summed E-state index contributed by atoms with van der Waals surface area (Å²) in [6.45, 7) is 2.44. The lowest BCUT2D eigenvalue weighted by molar-refractivity contribution is 0.0926. The largest absolute Gasteiger partial charge is 0.361 e. The van der Waals surface area contributed by atoms with Crippen LogP contribution in [0.25, 0.3) is 0 Å². The van der Waals surface area contributed by atoms with Gasteiger partial charge >= 0.3 is 0 Å². The number of benzene rings is 1. The Kier molecular flexibility index (Phi) is 3.08.